The van der Waals surface area contributed by atoms with Gasteiger partial charge in [0.05, 0.1) is 19.2 Å². The van der Waals surface area contributed by atoms with Crippen LogP contribution in [0.25, 0.3) is 0 Å². The molecule has 1 saturated carbocycles. The van der Waals surface area contributed by atoms with E-state index in [-0.39, 0.29) is 11.8 Å². The molecule has 2 heterocycles. The Hall–Kier alpha value is -2.61. The Morgan fingerprint density at radius 2 is 1.70 bits per heavy atom. The van der Waals surface area contributed by atoms with Gasteiger partial charge in [0.1, 0.15) is 17.2 Å². The lowest BCUT2D eigenvalue weighted by Crippen LogP contribution is -2.41. The molecule has 0 unspecified atom stereocenters. The molecule has 2 amide bonds. The van der Waals surface area contributed by atoms with Crippen LogP contribution in [-0.4, -0.2) is 49.0 Å². The molecule has 0 spiro atoms. The van der Waals surface area contributed by atoms with E-state index in [1.54, 1.807) is 31.6 Å². The van der Waals surface area contributed by atoms with Crippen molar-refractivity contribution < 1.29 is 19.1 Å². The van der Waals surface area contributed by atoms with Gasteiger partial charge >= 0.3 is 0 Å². The number of carbonyl (C=O) groups is 2. The number of benzene rings is 1. The molecule has 2 fully saturated rings. The number of hydrogen-bond donors (Lipinski definition) is 1. The number of amides is 2. The van der Waals surface area contributed by atoms with Crippen molar-refractivity contribution in [2.24, 2.45) is 5.92 Å². The van der Waals surface area contributed by atoms with Crippen molar-refractivity contribution in [1.82, 2.24) is 15.2 Å². The number of methoxy groups -OCH3 is 2. The number of aromatic nitrogens is 1. The predicted octanol–water partition coefficient (Wildman–Crippen LogP) is 4.38. The maximum Gasteiger partial charge on any atom is 0.271 e. The van der Waals surface area contributed by atoms with Crippen LogP contribution in [0.4, 0.5) is 0 Å². The molecule has 1 aliphatic heterocycles. The van der Waals surface area contributed by atoms with Crippen LogP contribution in [0.2, 0.25) is 0 Å². The Bertz CT molecular complexity index is 940. The molecule has 1 aliphatic carbocycles. The topological polar surface area (TPSA) is 80.8 Å². The van der Waals surface area contributed by atoms with Gasteiger partial charge in [-0.25, -0.2) is 4.98 Å². The van der Waals surface area contributed by atoms with E-state index >= 15 is 0 Å². The molecule has 0 atom stereocenters. The number of ether oxygens (including phenoxy) is 2. The average Bonchev–Trinajstić information content (AvgIpc) is 3.37. The number of likely N-dealkylation sites (tertiary alicyclic amines) is 1. The van der Waals surface area contributed by atoms with Crippen molar-refractivity contribution >= 4 is 23.2 Å². The minimum atomic E-state index is -0.191. The van der Waals surface area contributed by atoms with E-state index in [0.717, 1.165) is 49.3 Å². The quantitative estimate of drug-likeness (QED) is 0.648. The summed E-state index contributed by atoms with van der Waals surface area (Å²) in [6, 6.07) is 5.54. The highest BCUT2D eigenvalue weighted by Crippen LogP contribution is 2.32. The van der Waals surface area contributed by atoms with E-state index in [2.05, 4.69) is 15.2 Å². The number of rotatable bonds is 7. The molecular formula is C25H33N3O4S. The van der Waals surface area contributed by atoms with Gasteiger partial charge < -0.3 is 19.7 Å². The summed E-state index contributed by atoms with van der Waals surface area (Å²) < 4.78 is 10.6. The van der Waals surface area contributed by atoms with Crippen molar-refractivity contribution in [1.29, 1.82) is 0 Å². The Morgan fingerprint density at radius 1 is 1.03 bits per heavy atom. The molecule has 1 saturated heterocycles. The first-order chi connectivity index (χ1) is 16.1. The Balaban J connectivity index is 1.29. The highest BCUT2D eigenvalue weighted by Gasteiger charge is 2.30. The number of nitrogens with one attached hydrogen (secondary N) is 1. The van der Waals surface area contributed by atoms with E-state index in [1.807, 2.05) is 17.5 Å². The predicted molar refractivity (Wildman–Crippen MR) is 128 cm³/mol. The maximum atomic E-state index is 12.8. The summed E-state index contributed by atoms with van der Waals surface area (Å²) >= 11 is 1.54. The molecule has 178 valence electrons. The second kappa shape index (κ2) is 11.0. The van der Waals surface area contributed by atoms with E-state index < -0.39 is 0 Å². The van der Waals surface area contributed by atoms with Crippen molar-refractivity contribution in [2.45, 2.75) is 57.4 Å². The lowest BCUT2D eigenvalue weighted by atomic mass is 9.87. The monoisotopic (exact) mass is 471 g/mol. The normalized spacial score (nSPS) is 17.6. The molecule has 1 N–H and O–H groups in total. The Labute approximate surface area is 199 Å². The van der Waals surface area contributed by atoms with Gasteiger partial charge in [-0.3, -0.25) is 9.59 Å². The van der Waals surface area contributed by atoms with Gasteiger partial charge in [-0.2, -0.15) is 0 Å². The lowest BCUT2D eigenvalue weighted by Gasteiger charge is -2.34. The molecular weight excluding hydrogens is 438 g/mol. The smallest absolute Gasteiger partial charge is 0.271 e. The fourth-order valence-electron chi connectivity index (χ4n) is 4.78. The van der Waals surface area contributed by atoms with Crippen molar-refractivity contribution in [2.75, 3.05) is 27.3 Å². The van der Waals surface area contributed by atoms with Crippen LogP contribution in [0.5, 0.6) is 11.5 Å². The summed E-state index contributed by atoms with van der Waals surface area (Å²) in [6.45, 7) is 1.94. The first-order valence-corrected chi connectivity index (χ1v) is 12.7. The molecule has 1 aromatic carbocycles. The standard InChI is InChI=1S/C25H33N3O4S/c1-31-20-12-17(13-21(14-20)32-2)15-26-23(29)22-16-33-24(27-22)18-8-10-28(11-9-18)25(30)19-6-4-3-5-7-19/h12-14,16,18-19H,3-11,15H2,1-2H3,(H,26,29). The van der Waals surface area contributed by atoms with E-state index in [9.17, 15) is 9.59 Å². The van der Waals surface area contributed by atoms with Crippen molar-refractivity contribution in [3.8, 4) is 11.5 Å². The van der Waals surface area contributed by atoms with Gasteiger partial charge in [-0.05, 0) is 43.4 Å². The molecule has 7 nitrogen and oxygen atoms in total. The number of thiazole rings is 1. The van der Waals surface area contributed by atoms with Crippen LogP contribution in [0.15, 0.2) is 23.6 Å². The molecule has 8 heteroatoms. The fraction of sp³-hybridized carbons (Fsp3) is 0.560. The Morgan fingerprint density at radius 3 is 2.33 bits per heavy atom. The second-order valence-corrected chi connectivity index (χ2v) is 9.80. The maximum absolute atomic E-state index is 12.8. The largest absolute Gasteiger partial charge is 0.497 e. The third-order valence-electron chi connectivity index (χ3n) is 6.73. The summed E-state index contributed by atoms with van der Waals surface area (Å²) in [4.78, 5) is 32.1. The highest BCUT2D eigenvalue weighted by atomic mass is 32.1. The van der Waals surface area contributed by atoms with Gasteiger partial charge in [-0.15, -0.1) is 11.3 Å². The van der Waals surface area contributed by atoms with E-state index in [1.165, 1.54) is 19.3 Å². The van der Waals surface area contributed by atoms with Crippen LogP contribution < -0.4 is 14.8 Å². The minimum Gasteiger partial charge on any atom is -0.497 e. The van der Waals surface area contributed by atoms with Crippen LogP contribution in [-0.2, 0) is 11.3 Å². The summed E-state index contributed by atoms with van der Waals surface area (Å²) in [5, 5.41) is 5.76. The third-order valence-corrected chi connectivity index (χ3v) is 7.74. The van der Waals surface area contributed by atoms with Crippen molar-refractivity contribution in [3.63, 3.8) is 0 Å². The number of carbonyl (C=O) groups excluding carboxylic acids is 2. The minimum absolute atomic E-state index is 0.191. The number of hydrogen-bond acceptors (Lipinski definition) is 6. The summed E-state index contributed by atoms with van der Waals surface area (Å²) in [5.41, 5.74) is 1.34. The van der Waals surface area contributed by atoms with Crippen LogP contribution in [0.1, 0.15) is 71.9 Å². The molecule has 0 radical (unpaired) electrons. The SMILES string of the molecule is COc1cc(CNC(=O)c2csc(C3CCN(C(=O)C4CCCCC4)CC3)n2)cc(OC)c1. The summed E-state index contributed by atoms with van der Waals surface area (Å²) in [7, 11) is 3.20. The summed E-state index contributed by atoms with van der Waals surface area (Å²) in [5.74, 6) is 2.07. The molecule has 0 bridgehead atoms. The number of piperidine rings is 1. The van der Waals surface area contributed by atoms with E-state index in [4.69, 9.17) is 9.47 Å². The van der Waals surface area contributed by atoms with E-state index in [0.29, 0.717) is 35.6 Å². The zero-order valence-electron chi connectivity index (χ0n) is 19.5. The van der Waals surface area contributed by atoms with Gasteiger partial charge in [0.25, 0.3) is 5.91 Å². The summed E-state index contributed by atoms with van der Waals surface area (Å²) in [6.07, 6.45) is 7.55. The average molecular weight is 472 g/mol. The zero-order chi connectivity index (χ0) is 23.2. The van der Waals surface area contributed by atoms with Gasteiger partial charge in [-0.1, -0.05) is 19.3 Å². The van der Waals surface area contributed by atoms with Gasteiger partial charge in [0.15, 0.2) is 0 Å². The lowest BCUT2D eigenvalue weighted by molar-refractivity contribution is -0.137. The molecule has 1 aromatic heterocycles. The zero-order valence-corrected chi connectivity index (χ0v) is 20.3. The van der Waals surface area contributed by atoms with Crippen LogP contribution in [0.3, 0.4) is 0 Å². The van der Waals surface area contributed by atoms with Crippen LogP contribution >= 0.6 is 11.3 Å². The van der Waals surface area contributed by atoms with Gasteiger partial charge in [0.2, 0.25) is 5.91 Å². The second-order valence-electron chi connectivity index (χ2n) is 8.91. The van der Waals surface area contributed by atoms with Gasteiger partial charge in [0, 0.05) is 42.9 Å². The first-order valence-electron chi connectivity index (χ1n) is 11.8. The van der Waals surface area contributed by atoms with Crippen LogP contribution in [0, 0.1) is 5.92 Å². The molecule has 33 heavy (non-hydrogen) atoms. The molecule has 2 aromatic rings. The number of nitrogens with zero attached hydrogens (tertiary/aromatic N) is 2. The molecule has 2 aliphatic rings. The third kappa shape index (κ3) is 5.85. The highest BCUT2D eigenvalue weighted by molar-refractivity contribution is 7.09. The fourth-order valence-corrected chi connectivity index (χ4v) is 5.75. The Kier molecular flexibility index (Phi) is 7.85. The first kappa shape index (κ1) is 23.5. The molecule has 4 rings (SSSR count). The van der Waals surface area contributed by atoms with Crippen molar-refractivity contribution in [3.05, 3.63) is 39.8 Å².